The minimum Gasteiger partial charge on any atom is -0.434 e. The minimum atomic E-state index is -0.776. The summed E-state index contributed by atoms with van der Waals surface area (Å²) >= 11 is 0. The summed E-state index contributed by atoms with van der Waals surface area (Å²) in [5, 5.41) is 0. The maximum absolute atomic E-state index is 12.4. The van der Waals surface area contributed by atoms with Crippen LogP contribution in [0.3, 0.4) is 0 Å². The molecule has 0 heterocycles. The average Bonchev–Trinajstić information content (AvgIpc) is 2.84. The lowest BCUT2D eigenvalue weighted by molar-refractivity contribution is -0.134. The summed E-state index contributed by atoms with van der Waals surface area (Å²) in [6, 6.07) is 12.3. The highest BCUT2D eigenvalue weighted by Gasteiger charge is 2.12. The highest BCUT2D eigenvalue weighted by molar-refractivity contribution is 5.91. The number of carbonyl (C=O) groups is 3. The van der Waals surface area contributed by atoms with Crippen LogP contribution >= 0.6 is 0 Å². The van der Waals surface area contributed by atoms with E-state index in [2.05, 4.69) is 6.92 Å². The van der Waals surface area contributed by atoms with Gasteiger partial charge in [-0.15, -0.1) is 0 Å². The fraction of sp³-hybridized carbons (Fsp3) is 0.444. The van der Waals surface area contributed by atoms with Gasteiger partial charge in [0.25, 0.3) is 0 Å². The van der Waals surface area contributed by atoms with Gasteiger partial charge in [0.15, 0.2) is 0 Å². The van der Waals surface area contributed by atoms with Crippen molar-refractivity contribution >= 4 is 18.1 Å². The third kappa shape index (κ3) is 10.1. The minimum absolute atomic E-state index is 0.260. The first-order valence-corrected chi connectivity index (χ1v) is 11.9. The molecule has 0 aliphatic carbocycles. The third-order valence-electron chi connectivity index (χ3n) is 5.22. The van der Waals surface area contributed by atoms with Crippen LogP contribution in [0.1, 0.15) is 76.1 Å². The Hall–Kier alpha value is -3.35. The zero-order chi connectivity index (χ0) is 24.8. The Morgan fingerprint density at radius 3 is 1.91 bits per heavy atom. The van der Waals surface area contributed by atoms with Gasteiger partial charge in [-0.1, -0.05) is 52.9 Å². The topological polar surface area (TPSA) is 88.1 Å². The Morgan fingerprint density at radius 1 is 0.735 bits per heavy atom. The summed E-state index contributed by atoms with van der Waals surface area (Å²) in [6.07, 6.45) is 5.80. The molecule has 0 bridgehead atoms. The first kappa shape index (κ1) is 26.9. The van der Waals surface area contributed by atoms with Crippen molar-refractivity contribution in [3.05, 3.63) is 54.1 Å². The van der Waals surface area contributed by atoms with Gasteiger partial charge in [-0.25, -0.2) is 9.59 Å². The van der Waals surface area contributed by atoms with Gasteiger partial charge in [0.1, 0.15) is 17.2 Å². The van der Waals surface area contributed by atoms with Gasteiger partial charge in [0.2, 0.25) is 0 Å². The molecule has 0 aliphatic rings. The van der Waals surface area contributed by atoms with E-state index in [0.29, 0.717) is 30.1 Å². The molecule has 0 saturated carbocycles. The zero-order valence-corrected chi connectivity index (χ0v) is 20.2. The molecule has 0 N–H and O–H groups in total. The Labute approximate surface area is 201 Å². The molecular formula is C27H34O7. The van der Waals surface area contributed by atoms with Crippen LogP contribution in [-0.2, 0) is 9.53 Å². The Kier molecular flexibility index (Phi) is 11.7. The molecular weight excluding hydrogens is 436 g/mol. The standard InChI is InChI=1S/C27H34O7/c1-4-6-7-8-9-10-25(28)32-22-13-11-21(12-14-22)26(29)33-23-15-17-24(18-16-23)34-27(30)31-19-20(3)5-2/h11-18,20H,4-10,19H2,1-3H3. The molecule has 0 amide bonds. The molecule has 0 radical (unpaired) electrons. The maximum atomic E-state index is 12.4. The van der Waals surface area contributed by atoms with E-state index < -0.39 is 12.1 Å². The van der Waals surface area contributed by atoms with E-state index in [1.807, 2.05) is 13.8 Å². The van der Waals surface area contributed by atoms with Gasteiger partial charge in [-0.3, -0.25) is 4.79 Å². The number of esters is 2. The predicted octanol–water partition coefficient (Wildman–Crippen LogP) is 6.73. The summed E-state index contributed by atoms with van der Waals surface area (Å²) in [5.41, 5.74) is 0.313. The second-order valence-electron chi connectivity index (χ2n) is 8.20. The second kappa shape index (κ2) is 14.7. The van der Waals surface area contributed by atoms with Crippen LogP contribution < -0.4 is 14.2 Å². The van der Waals surface area contributed by atoms with Crippen molar-refractivity contribution < 1.29 is 33.3 Å². The van der Waals surface area contributed by atoms with Gasteiger partial charge in [-0.2, -0.15) is 0 Å². The number of ether oxygens (including phenoxy) is 4. The van der Waals surface area contributed by atoms with E-state index >= 15 is 0 Å². The van der Waals surface area contributed by atoms with Crippen molar-refractivity contribution in [1.82, 2.24) is 0 Å². The van der Waals surface area contributed by atoms with Gasteiger partial charge >= 0.3 is 18.1 Å². The largest absolute Gasteiger partial charge is 0.513 e. The second-order valence-corrected chi connectivity index (χ2v) is 8.20. The van der Waals surface area contributed by atoms with E-state index in [9.17, 15) is 14.4 Å². The molecule has 2 aromatic carbocycles. The van der Waals surface area contributed by atoms with Gasteiger partial charge in [-0.05, 0) is 60.9 Å². The Balaban J connectivity index is 1.78. The lowest BCUT2D eigenvalue weighted by atomic mass is 10.1. The van der Waals surface area contributed by atoms with Crippen LogP contribution in [0.4, 0.5) is 4.79 Å². The molecule has 2 aromatic rings. The number of carbonyl (C=O) groups excluding carboxylic acids is 3. The van der Waals surface area contributed by atoms with Crippen LogP contribution in [0.5, 0.6) is 17.2 Å². The lowest BCUT2D eigenvalue weighted by Gasteiger charge is -2.10. The predicted molar refractivity (Wildman–Crippen MR) is 128 cm³/mol. The van der Waals surface area contributed by atoms with E-state index in [-0.39, 0.29) is 17.6 Å². The van der Waals surface area contributed by atoms with Crippen molar-refractivity contribution in [3.63, 3.8) is 0 Å². The summed E-state index contributed by atoms with van der Waals surface area (Å²) in [7, 11) is 0. The molecule has 0 spiro atoms. The highest BCUT2D eigenvalue weighted by Crippen LogP contribution is 2.20. The van der Waals surface area contributed by atoms with Crippen molar-refractivity contribution in [2.75, 3.05) is 6.61 Å². The first-order chi connectivity index (χ1) is 16.4. The Bertz CT molecular complexity index is 904. The number of hydrogen-bond acceptors (Lipinski definition) is 7. The third-order valence-corrected chi connectivity index (χ3v) is 5.22. The maximum Gasteiger partial charge on any atom is 0.513 e. The quantitative estimate of drug-likeness (QED) is 0.139. The lowest BCUT2D eigenvalue weighted by Crippen LogP contribution is -2.15. The fourth-order valence-corrected chi connectivity index (χ4v) is 2.91. The van der Waals surface area contributed by atoms with Crippen LogP contribution in [0.25, 0.3) is 0 Å². The van der Waals surface area contributed by atoms with E-state index in [4.69, 9.17) is 18.9 Å². The SMILES string of the molecule is CCCCCCCC(=O)Oc1ccc(C(=O)Oc2ccc(OC(=O)OCC(C)CC)cc2)cc1. The van der Waals surface area contributed by atoms with Crippen LogP contribution in [0.2, 0.25) is 0 Å². The van der Waals surface area contributed by atoms with Crippen LogP contribution in [0.15, 0.2) is 48.5 Å². The number of benzene rings is 2. The number of rotatable bonds is 13. The molecule has 184 valence electrons. The molecule has 0 aliphatic heterocycles. The Morgan fingerprint density at radius 2 is 1.29 bits per heavy atom. The summed E-state index contributed by atoms with van der Waals surface area (Å²) in [6.45, 7) is 6.43. The van der Waals surface area contributed by atoms with Crippen molar-refractivity contribution in [2.45, 2.75) is 65.7 Å². The van der Waals surface area contributed by atoms with Crippen molar-refractivity contribution in [1.29, 1.82) is 0 Å². The van der Waals surface area contributed by atoms with E-state index in [1.165, 1.54) is 42.8 Å². The van der Waals surface area contributed by atoms with Gasteiger partial charge in [0.05, 0.1) is 12.2 Å². The van der Waals surface area contributed by atoms with Crippen molar-refractivity contribution in [3.8, 4) is 17.2 Å². The number of unbranched alkanes of at least 4 members (excludes halogenated alkanes) is 4. The van der Waals surface area contributed by atoms with Crippen molar-refractivity contribution in [2.24, 2.45) is 5.92 Å². The normalized spacial score (nSPS) is 11.4. The number of hydrogen-bond donors (Lipinski definition) is 0. The molecule has 0 aromatic heterocycles. The summed E-state index contributed by atoms with van der Waals surface area (Å²) < 4.78 is 20.8. The molecule has 34 heavy (non-hydrogen) atoms. The molecule has 0 fully saturated rings. The smallest absolute Gasteiger partial charge is 0.434 e. The fourth-order valence-electron chi connectivity index (χ4n) is 2.91. The summed E-state index contributed by atoms with van der Waals surface area (Å²) in [5.74, 6) is 0.385. The highest BCUT2D eigenvalue weighted by atomic mass is 16.7. The molecule has 1 atom stereocenters. The van der Waals surface area contributed by atoms with Gasteiger partial charge < -0.3 is 18.9 Å². The molecule has 1 unspecified atom stereocenters. The van der Waals surface area contributed by atoms with Gasteiger partial charge in [0, 0.05) is 6.42 Å². The van der Waals surface area contributed by atoms with E-state index in [1.54, 1.807) is 12.1 Å². The van der Waals surface area contributed by atoms with Crippen LogP contribution in [-0.4, -0.2) is 24.7 Å². The molecule has 0 saturated heterocycles. The zero-order valence-electron chi connectivity index (χ0n) is 20.2. The molecule has 7 nitrogen and oxygen atoms in total. The molecule has 2 rings (SSSR count). The average molecular weight is 471 g/mol. The van der Waals surface area contributed by atoms with Crippen LogP contribution in [0, 0.1) is 5.92 Å². The first-order valence-electron chi connectivity index (χ1n) is 11.9. The monoisotopic (exact) mass is 470 g/mol. The summed E-state index contributed by atoms with van der Waals surface area (Å²) in [4.78, 5) is 36.0. The van der Waals surface area contributed by atoms with E-state index in [0.717, 1.165) is 32.1 Å². The molecule has 7 heteroatoms.